The predicted octanol–water partition coefficient (Wildman–Crippen LogP) is -1.49. The van der Waals surface area contributed by atoms with Crippen LogP contribution in [0.15, 0.2) is 0 Å². The smallest absolute Gasteiger partial charge is 0.186 e. The summed E-state index contributed by atoms with van der Waals surface area (Å²) in [6, 6.07) is 0. The molecule has 0 aromatic rings. The van der Waals surface area contributed by atoms with Crippen LogP contribution in [0.4, 0.5) is 0 Å². The molecule has 0 spiro atoms. The van der Waals surface area contributed by atoms with E-state index in [1.54, 1.807) is 0 Å². The summed E-state index contributed by atoms with van der Waals surface area (Å²) in [7, 11) is 0. The van der Waals surface area contributed by atoms with Crippen molar-refractivity contribution in [2.75, 3.05) is 19.0 Å². The van der Waals surface area contributed by atoms with Gasteiger partial charge in [-0.05, 0) is 18.6 Å². The number of hydrogen-bond donors (Lipinski definition) is 5. The summed E-state index contributed by atoms with van der Waals surface area (Å²) in [5.74, 6) is 0.748. The molecule has 1 heterocycles. The minimum absolute atomic E-state index is 0.364. The van der Waals surface area contributed by atoms with E-state index in [1.165, 1.54) is 0 Å². The second kappa shape index (κ2) is 7.52. The second-order valence-corrected chi connectivity index (χ2v) is 4.45. The fourth-order valence-electron chi connectivity index (χ4n) is 1.62. The summed E-state index contributed by atoms with van der Waals surface area (Å²) in [6.45, 7) is -0.0787. The van der Waals surface area contributed by atoms with Crippen LogP contribution in [0, 0.1) is 0 Å². The van der Waals surface area contributed by atoms with Crippen molar-refractivity contribution >= 4 is 12.6 Å². The molecule has 6 nitrogen and oxygen atoms in total. The summed E-state index contributed by atoms with van der Waals surface area (Å²) >= 11 is 4.05. The molecule has 1 saturated heterocycles. The number of rotatable bonds is 6. The summed E-state index contributed by atoms with van der Waals surface area (Å²) < 4.78 is 10.4. The lowest BCUT2D eigenvalue weighted by molar-refractivity contribution is -0.301. The van der Waals surface area contributed by atoms with Gasteiger partial charge < -0.3 is 29.9 Å². The van der Waals surface area contributed by atoms with E-state index in [2.05, 4.69) is 12.6 Å². The van der Waals surface area contributed by atoms with Gasteiger partial charge in [-0.25, -0.2) is 0 Å². The summed E-state index contributed by atoms with van der Waals surface area (Å²) in [5, 5.41) is 37.6. The highest BCUT2D eigenvalue weighted by Crippen LogP contribution is 2.22. The molecule has 0 bridgehead atoms. The van der Waals surface area contributed by atoms with Gasteiger partial charge in [0, 0.05) is 6.61 Å². The molecule has 7 heteroatoms. The Morgan fingerprint density at radius 2 is 1.76 bits per heavy atom. The number of ether oxygens (including phenoxy) is 2. The maximum absolute atomic E-state index is 9.62. The van der Waals surface area contributed by atoms with Gasteiger partial charge in [0.2, 0.25) is 0 Å². The van der Waals surface area contributed by atoms with E-state index in [0.717, 1.165) is 18.6 Å². The number of aliphatic hydroxyl groups excluding tert-OH is 4. The van der Waals surface area contributed by atoms with Crippen LogP contribution >= 0.6 is 12.6 Å². The van der Waals surface area contributed by atoms with Crippen molar-refractivity contribution in [1.29, 1.82) is 0 Å². The van der Waals surface area contributed by atoms with E-state index < -0.39 is 37.3 Å². The van der Waals surface area contributed by atoms with Crippen LogP contribution in [0.1, 0.15) is 12.8 Å². The van der Waals surface area contributed by atoms with Crippen molar-refractivity contribution in [2.45, 2.75) is 43.5 Å². The molecule has 1 aliphatic heterocycles. The van der Waals surface area contributed by atoms with Gasteiger partial charge >= 0.3 is 0 Å². The minimum Gasteiger partial charge on any atom is -0.394 e. The molecule has 0 amide bonds. The van der Waals surface area contributed by atoms with Crippen LogP contribution in [0.3, 0.4) is 0 Å². The van der Waals surface area contributed by atoms with Crippen LogP contribution < -0.4 is 0 Å². The molecule has 0 aliphatic carbocycles. The first-order valence-corrected chi connectivity index (χ1v) is 6.28. The number of aliphatic hydroxyl groups is 4. The monoisotopic (exact) mass is 268 g/mol. The van der Waals surface area contributed by atoms with Crippen molar-refractivity contribution in [3.8, 4) is 0 Å². The van der Waals surface area contributed by atoms with Gasteiger partial charge in [0.15, 0.2) is 6.29 Å². The van der Waals surface area contributed by atoms with E-state index in [1.807, 2.05) is 0 Å². The van der Waals surface area contributed by atoms with Gasteiger partial charge in [0.25, 0.3) is 0 Å². The fraction of sp³-hybridized carbons (Fsp3) is 1.00. The molecule has 17 heavy (non-hydrogen) atoms. The van der Waals surface area contributed by atoms with Crippen molar-refractivity contribution in [3.63, 3.8) is 0 Å². The van der Waals surface area contributed by atoms with Crippen LogP contribution in [0.5, 0.6) is 0 Å². The molecular weight excluding hydrogens is 248 g/mol. The Hall–Kier alpha value is 0.110. The Kier molecular flexibility index (Phi) is 6.71. The zero-order chi connectivity index (χ0) is 12.8. The molecule has 1 fully saturated rings. The molecule has 102 valence electrons. The molecule has 0 aromatic heterocycles. The Labute approximate surface area is 106 Å². The van der Waals surface area contributed by atoms with Gasteiger partial charge in [0.1, 0.15) is 24.4 Å². The normalized spacial score (nSPS) is 38.3. The van der Waals surface area contributed by atoms with Gasteiger partial charge in [-0.2, -0.15) is 12.6 Å². The van der Waals surface area contributed by atoms with Crippen molar-refractivity contribution < 1.29 is 29.9 Å². The molecule has 1 aliphatic rings. The topological polar surface area (TPSA) is 99.4 Å². The molecule has 0 saturated carbocycles. The van der Waals surface area contributed by atoms with E-state index in [0.29, 0.717) is 6.61 Å². The van der Waals surface area contributed by atoms with Crippen LogP contribution in [-0.4, -0.2) is 70.1 Å². The molecule has 0 aromatic carbocycles. The molecule has 5 unspecified atom stereocenters. The van der Waals surface area contributed by atoms with Crippen molar-refractivity contribution in [2.24, 2.45) is 0 Å². The number of unbranched alkanes of at least 4 members (excludes halogenated alkanes) is 1. The van der Waals surface area contributed by atoms with Crippen LogP contribution in [-0.2, 0) is 9.47 Å². The average molecular weight is 268 g/mol. The summed E-state index contributed by atoms with van der Waals surface area (Å²) in [6.07, 6.45) is -4.33. The summed E-state index contributed by atoms with van der Waals surface area (Å²) in [4.78, 5) is 0. The van der Waals surface area contributed by atoms with E-state index in [4.69, 9.17) is 14.6 Å². The largest absolute Gasteiger partial charge is 0.394 e. The first-order chi connectivity index (χ1) is 8.11. The van der Waals surface area contributed by atoms with Gasteiger partial charge in [-0.15, -0.1) is 0 Å². The number of hydrogen-bond acceptors (Lipinski definition) is 7. The lowest BCUT2D eigenvalue weighted by Crippen LogP contribution is -2.59. The Morgan fingerprint density at radius 3 is 2.35 bits per heavy atom. The second-order valence-electron chi connectivity index (χ2n) is 4.00. The Balaban J connectivity index is 2.42. The maximum atomic E-state index is 9.62. The highest BCUT2D eigenvalue weighted by Gasteiger charge is 2.43. The first-order valence-electron chi connectivity index (χ1n) is 5.64. The Morgan fingerprint density at radius 1 is 1.06 bits per heavy atom. The average Bonchev–Trinajstić information content (AvgIpc) is 2.34. The van der Waals surface area contributed by atoms with Crippen LogP contribution in [0.25, 0.3) is 0 Å². The molecule has 4 N–H and O–H groups in total. The van der Waals surface area contributed by atoms with E-state index in [9.17, 15) is 15.3 Å². The van der Waals surface area contributed by atoms with Gasteiger partial charge in [-0.3, -0.25) is 0 Å². The predicted molar refractivity (Wildman–Crippen MR) is 62.8 cm³/mol. The molecular formula is C10H20O6S. The third-order valence-corrected chi connectivity index (χ3v) is 3.00. The van der Waals surface area contributed by atoms with E-state index in [-0.39, 0.29) is 0 Å². The minimum atomic E-state index is -1.38. The third kappa shape index (κ3) is 4.06. The van der Waals surface area contributed by atoms with Crippen molar-refractivity contribution in [1.82, 2.24) is 0 Å². The highest BCUT2D eigenvalue weighted by molar-refractivity contribution is 7.80. The lowest BCUT2D eigenvalue weighted by atomic mass is 9.99. The SMILES string of the molecule is OCC1OC(OCCCCS)C(O)C(O)C1O. The van der Waals surface area contributed by atoms with Crippen LogP contribution in [0.2, 0.25) is 0 Å². The maximum Gasteiger partial charge on any atom is 0.186 e. The summed E-state index contributed by atoms with van der Waals surface area (Å²) in [5.41, 5.74) is 0. The molecule has 0 radical (unpaired) electrons. The van der Waals surface area contributed by atoms with Gasteiger partial charge in [-0.1, -0.05) is 0 Å². The van der Waals surface area contributed by atoms with Crippen molar-refractivity contribution in [3.05, 3.63) is 0 Å². The zero-order valence-corrected chi connectivity index (χ0v) is 10.4. The zero-order valence-electron chi connectivity index (χ0n) is 9.47. The Bertz CT molecular complexity index is 215. The van der Waals surface area contributed by atoms with E-state index >= 15 is 0 Å². The van der Waals surface area contributed by atoms with Gasteiger partial charge in [0.05, 0.1) is 6.61 Å². The number of thiol groups is 1. The lowest BCUT2D eigenvalue weighted by Gasteiger charge is -2.39. The molecule has 1 rings (SSSR count). The molecule has 5 atom stereocenters. The highest BCUT2D eigenvalue weighted by atomic mass is 32.1. The first kappa shape index (κ1) is 15.2. The fourth-order valence-corrected chi connectivity index (χ4v) is 1.84. The standard InChI is InChI=1S/C10H20O6S/c11-5-6-7(12)8(13)9(14)10(16-6)15-3-1-2-4-17/h6-14,17H,1-5H2. The quantitative estimate of drug-likeness (QED) is 0.297. The third-order valence-electron chi connectivity index (χ3n) is 2.68.